The molecule has 2 amide bonds. The number of non-ortho nitro benzene ring substituents is 1. The molecule has 0 radical (unpaired) electrons. The van der Waals surface area contributed by atoms with Crippen LogP contribution in [0.1, 0.15) is 30.1 Å². The predicted molar refractivity (Wildman–Crippen MR) is 134 cm³/mol. The first-order valence-electron chi connectivity index (χ1n) is 12.1. The van der Waals surface area contributed by atoms with E-state index in [2.05, 4.69) is 15.5 Å². The standard InChI is InChI=1S/C23H26FN5O4.C2HF3O2/c1-16(26-21(30)17-4-2-7-20(12-17)29(32)33)14-27-10-8-23(9-11-27)22(31)25-15-28(23)19-6-3-5-18(24)13-19;3-2(4,5)1(6)7/h2-7,12-13,16H,8-11,14-15H2,1H3,(H,25,31)(H,26,30);(H,6,7)/t16-;/m1./s1. The summed E-state index contributed by atoms with van der Waals surface area (Å²) in [5, 5.41) is 23.8. The molecule has 0 bridgehead atoms. The van der Waals surface area contributed by atoms with Gasteiger partial charge in [-0.25, -0.2) is 9.18 Å². The molecule has 40 heavy (non-hydrogen) atoms. The van der Waals surface area contributed by atoms with Crippen LogP contribution in [0.25, 0.3) is 0 Å². The second-order valence-electron chi connectivity index (χ2n) is 9.39. The molecule has 2 aliphatic heterocycles. The van der Waals surface area contributed by atoms with Crippen LogP contribution < -0.4 is 15.5 Å². The number of amides is 2. The molecule has 0 aromatic heterocycles. The van der Waals surface area contributed by atoms with Gasteiger partial charge in [0.2, 0.25) is 5.91 Å². The Bertz CT molecular complexity index is 1270. The Balaban J connectivity index is 0.000000559. The van der Waals surface area contributed by atoms with Crippen LogP contribution >= 0.6 is 0 Å². The highest BCUT2D eigenvalue weighted by atomic mass is 19.4. The Morgan fingerprint density at radius 3 is 2.38 bits per heavy atom. The number of anilines is 1. The molecule has 11 nitrogen and oxygen atoms in total. The van der Waals surface area contributed by atoms with Crippen molar-refractivity contribution in [2.45, 2.75) is 37.5 Å². The number of nitrogens with zero attached hydrogens (tertiary/aromatic N) is 3. The van der Waals surface area contributed by atoms with E-state index in [0.29, 0.717) is 44.8 Å². The lowest BCUT2D eigenvalue weighted by Gasteiger charge is -2.43. The monoisotopic (exact) mass is 569 g/mol. The minimum absolute atomic E-state index is 0.0431. The molecule has 4 rings (SSSR count). The molecule has 1 atom stereocenters. The van der Waals surface area contributed by atoms with Gasteiger partial charge >= 0.3 is 12.1 Å². The Hall–Kier alpha value is -4.27. The number of carbonyl (C=O) groups excluding carboxylic acids is 2. The summed E-state index contributed by atoms with van der Waals surface area (Å²) in [4.78, 5) is 48.7. The molecule has 0 aliphatic carbocycles. The minimum atomic E-state index is -5.08. The van der Waals surface area contributed by atoms with Gasteiger partial charge in [0.25, 0.3) is 11.6 Å². The van der Waals surface area contributed by atoms with Crippen molar-refractivity contribution in [2.75, 3.05) is 31.2 Å². The molecule has 216 valence electrons. The van der Waals surface area contributed by atoms with Gasteiger partial charge in [-0.05, 0) is 44.0 Å². The topological polar surface area (TPSA) is 145 Å². The highest BCUT2D eigenvalue weighted by Crippen LogP contribution is 2.36. The Morgan fingerprint density at radius 2 is 1.80 bits per heavy atom. The second-order valence-corrected chi connectivity index (χ2v) is 9.39. The third-order valence-electron chi connectivity index (χ3n) is 6.61. The lowest BCUT2D eigenvalue weighted by atomic mass is 9.85. The normalized spacial score (nSPS) is 17.4. The molecular weight excluding hydrogens is 542 g/mol. The van der Waals surface area contributed by atoms with Gasteiger partial charge in [0.05, 0.1) is 11.6 Å². The molecule has 2 saturated heterocycles. The van der Waals surface area contributed by atoms with Crippen LogP contribution in [0.5, 0.6) is 0 Å². The summed E-state index contributed by atoms with van der Waals surface area (Å²) in [6.07, 6.45) is -3.91. The first-order valence-corrected chi connectivity index (χ1v) is 12.1. The fourth-order valence-corrected chi connectivity index (χ4v) is 4.68. The van der Waals surface area contributed by atoms with Gasteiger partial charge in [0.15, 0.2) is 0 Å². The summed E-state index contributed by atoms with van der Waals surface area (Å²) >= 11 is 0. The van der Waals surface area contributed by atoms with Crippen molar-refractivity contribution in [1.29, 1.82) is 0 Å². The van der Waals surface area contributed by atoms with Crippen LogP contribution in [0, 0.1) is 15.9 Å². The maximum Gasteiger partial charge on any atom is 0.490 e. The molecule has 0 saturated carbocycles. The van der Waals surface area contributed by atoms with Crippen molar-refractivity contribution in [3.63, 3.8) is 0 Å². The molecule has 1 spiro atoms. The van der Waals surface area contributed by atoms with E-state index in [4.69, 9.17) is 9.90 Å². The largest absolute Gasteiger partial charge is 0.490 e. The lowest BCUT2D eigenvalue weighted by molar-refractivity contribution is -0.384. The number of carbonyl (C=O) groups is 3. The fourth-order valence-electron chi connectivity index (χ4n) is 4.68. The van der Waals surface area contributed by atoms with Crippen LogP contribution in [-0.4, -0.2) is 76.8 Å². The number of nitro benzene ring substituents is 1. The van der Waals surface area contributed by atoms with Crippen molar-refractivity contribution in [3.8, 4) is 0 Å². The Morgan fingerprint density at radius 1 is 1.18 bits per heavy atom. The van der Waals surface area contributed by atoms with Gasteiger partial charge in [0, 0.05) is 49.1 Å². The third-order valence-corrected chi connectivity index (χ3v) is 6.61. The quantitative estimate of drug-likeness (QED) is 0.274. The van der Waals surface area contributed by atoms with E-state index in [-0.39, 0.29) is 34.9 Å². The van der Waals surface area contributed by atoms with E-state index in [9.17, 15) is 37.3 Å². The highest BCUT2D eigenvalue weighted by Gasteiger charge is 2.50. The van der Waals surface area contributed by atoms with Crippen molar-refractivity contribution < 1.29 is 42.0 Å². The first kappa shape index (κ1) is 30.3. The van der Waals surface area contributed by atoms with Gasteiger partial charge < -0.3 is 25.5 Å². The van der Waals surface area contributed by atoms with Crippen molar-refractivity contribution >= 4 is 29.2 Å². The molecule has 2 aromatic carbocycles. The zero-order valence-corrected chi connectivity index (χ0v) is 21.3. The molecule has 2 fully saturated rings. The fraction of sp³-hybridized carbons (Fsp3) is 0.400. The number of hydrogen-bond donors (Lipinski definition) is 3. The van der Waals surface area contributed by atoms with Crippen molar-refractivity contribution in [3.05, 3.63) is 70.0 Å². The summed E-state index contributed by atoms with van der Waals surface area (Å²) in [5.74, 6) is -3.51. The number of carboxylic acid groups (broad SMARTS) is 1. The number of nitrogens with one attached hydrogen (secondary N) is 2. The maximum atomic E-state index is 13.8. The number of benzene rings is 2. The zero-order chi connectivity index (χ0) is 29.7. The molecule has 2 aromatic rings. The van der Waals surface area contributed by atoms with Crippen LogP contribution in [0.15, 0.2) is 48.5 Å². The van der Waals surface area contributed by atoms with Gasteiger partial charge in [0.1, 0.15) is 11.4 Å². The minimum Gasteiger partial charge on any atom is -0.475 e. The van der Waals surface area contributed by atoms with Crippen LogP contribution in [0.4, 0.5) is 28.9 Å². The van der Waals surface area contributed by atoms with E-state index < -0.39 is 22.6 Å². The van der Waals surface area contributed by atoms with E-state index >= 15 is 0 Å². The maximum absolute atomic E-state index is 13.8. The number of likely N-dealkylation sites (tertiary alicyclic amines) is 1. The third kappa shape index (κ3) is 7.22. The molecule has 0 unspecified atom stereocenters. The lowest BCUT2D eigenvalue weighted by Crippen LogP contribution is -2.57. The predicted octanol–water partition coefficient (Wildman–Crippen LogP) is 2.91. The number of hydrogen-bond acceptors (Lipinski definition) is 7. The summed E-state index contributed by atoms with van der Waals surface area (Å²) in [6.45, 7) is 4.10. The number of nitro groups is 1. The number of alkyl halides is 3. The van der Waals surface area contributed by atoms with Gasteiger partial charge in [-0.1, -0.05) is 12.1 Å². The van der Waals surface area contributed by atoms with Crippen LogP contribution in [0.3, 0.4) is 0 Å². The van der Waals surface area contributed by atoms with E-state index in [1.807, 2.05) is 17.9 Å². The number of carboxylic acids is 1. The van der Waals surface area contributed by atoms with Crippen LogP contribution in [-0.2, 0) is 9.59 Å². The molecule has 15 heteroatoms. The van der Waals surface area contributed by atoms with Crippen LogP contribution in [0.2, 0.25) is 0 Å². The second kappa shape index (κ2) is 12.3. The molecule has 2 aliphatic rings. The number of aliphatic carboxylic acids is 1. The van der Waals surface area contributed by atoms with Gasteiger partial charge in [-0.3, -0.25) is 19.7 Å². The van der Waals surface area contributed by atoms with E-state index in [1.165, 1.54) is 30.3 Å². The summed E-state index contributed by atoms with van der Waals surface area (Å²) < 4.78 is 45.5. The van der Waals surface area contributed by atoms with Crippen molar-refractivity contribution in [1.82, 2.24) is 15.5 Å². The van der Waals surface area contributed by atoms with Gasteiger partial charge in [-0.2, -0.15) is 13.2 Å². The average molecular weight is 570 g/mol. The molecular formula is C25H27F4N5O6. The smallest absolute Gasteiger partial charge is 0.475 e. The molecule has 2 heterocycles. The summed E-state index contributed by atoms with van der Waals surface area (Å²) in [6, 6.07) is 11.7. The Labute approximate surface area is 225 Å². The van der Waals surface area contributed by atoms with E-state index in [0.717, 1.165) is 0 Å². The number of rotatable bonds is 6. The van der Waals surface area contributed by atoms with Crippen molar-refractivity contribution in [2.24, 2.45) is 0 Å². The summed E-state index contributed by atoms with van der Waals surface area (Å²) in [5.41, 5.74) is 0.0791. The zero-order valence-electron chi connectivity index (χ0n) is 21.3. The number of halogens is 4. The SMILES string of the molecule is C[C@H](CN1CCC2(CC1)C(=O)NCN2c1cccc(F)c1)NC(=O)c1cccc([N+](=O)[O-])c1.O=C(O)C(F)(F)F. The highest BCUT2D eigenvalue weighted by molar-refractivity contribution is 5.95. The van der Waals surface area contributed by atoms with Gasteiger partial charge in [-0.15, -0.1) is 0 Å². The summed E-state index contributed by atoms with van der Waals surface area (Å²) in [7, 11) is 0. The average Bonchev–Trinajstić information content (AvgIpc) is 3.20. The number of piperidine rings is 1. The first-order chi connectivity index (χ1) is 18.7. The molecule has 3 N–H and O–H groups in total. The Kier molecular flexibility index (Phi) is 9.29. The van der Waals surface area contributed by atoms with E-state index in [1.54, 1.807) is 12.1 Å².